The second kappa shape index (κ2) is 8.38. The third-order valence-electron chi connectivity index (χ3n) is 4.17. The number of hydrogen-bond donors (Lipinski definition) is 1. The van der Waals surface area contributed by atoms with Crippen molar-refractivity contribution in [3.05, 3.63) is 60.2 Å². The van der Waals surface area contributed by atoms with E-state index in [1.807, 2.05) is 62.5 Å². The van der Waals surface area contributed by atoms with E-state index in [1.165, 1.54) is 0 Å². The first-order chi connectivity index (χ1) is 11.9. The van der Waals surface area contributed by atoms with Crippen LogP contribution in [0.4, 0.5) is 11.4 Å². The molecule has 0 bridgehead atoms. The Hall–Kier alpha value is -2.75. The van der Waals surface area contributed by atoms with Crippen molar-refractivity contribution in [2.75, 3.05) is 24.4 Å². The van der Waals surface area contributed by atoms with Crippen LogP contribution in [0.5, 0.6) is 5.75 Å². The fourth-order valence-corrected chi connectivity index (χ4v) is 2.52. The van der Waals surface area contributed by atoms with Gasteiger partial charge in [0.15, 0.2) is 0 Å². The molecule has 0 aromatic heterocycles. The van der Waals surface area contributed by atoms with Crippen LogP contribution in [0.1, 0.15) is 26.3 Å². The van der Waals surface area contributed by atoms with Crippen molar-refractivity contribution in [1.29, 1.82) is 0 Å². The SMILES string of the molecule is COc1ccccc1C(C)=CC(=O)Nc1cccc(N(C)C(C)C)c1. The highest BCUT2D eigenvalue weighted by molar-refractivity contribution is 6.04. The summed E-state index contributed by atoms with van der Waals surface area (Å²) in [6.45, 7) is 6.16. The number of nitrogens with one attached hydrogen (secondary N) is 1. The number of allylic oxidation sites excluding steroid dienone is 1. The van der Waals surface area contributed by atoms with E-state index in [0.29, 0.717) is 6.04 Å². The van der Waals surface area contributed by atoms with E-state index in [0.717, 1.165) is 28.3 Å². The molecule has 132 valence electrons. The van der Waals surface area contributed by atoms with Gasteiger partial charge in [0.1, 0.15) is 5.75 Å². The molecule has 2 rings (SSSR count). The molecule has 0 heterocycles. The predicted octanol–water partition coefficient (Wildman–Crippen LogP) is 4.58. The standard InChI is InChI=1S/C21H26N2O2/c1-15(2)23(4)18-10-8-9-17(14-18)22-21(24)13-16(3)19-11-6-7-12-20(19)25-5/h6-15H,1-5H3,(H,22,24). The number of anilines is 2. The van der Waals surface area contributed by atoms with Gasteiger partial charge in [-0.05, 0) is 50.6 Å². The lowest BCUT2D eigenvalue weighted by atomic mass is 10.1. The molecule has 4 heteroatoms. The van der Waals surface area contributed by atoms with E-state index in [1.54, 1.807) is 13.2 Å². The second-order valence-corrected chi connectivity index (χ2v) is 6.27. The van der Waals surface area contributed by atoms with E-state index < -0.39 is 0 Å². The summed E-state index contributed by atoms with van der Waals surface area (Å²) >= 11 is 0. The van der Waals surface area contributed by atoms with Crippen molar-refractivity contribution >= 4 is 22.9 Å². The largest absolute Gasteiger partial charge is 0.496 e. The molecule has 0 saturated heterocycles. The van der Waals surface area contributed by atoms with E-state index in [9.17, 15) is 4.79 Å². The monoisotopic (exact) mass is 338 g/mol. The summed E-state index contributed by atoms with van der Waals surface area (Å²) in [5.41, 5.74) is 3.61. The van der Waals surface area contributed by atoms with Gasteiger partial charge in [0.05, 0.1) is 7.11 Å². The Morgan fingerprint density at radius 2 is 1.88 bits per heavy atom. The lowest BCUT2D eigenvalue weighted by Crippen LogP contribution is -2.25. The average molecular weight is 338 g/mol. The molecule has 0 radical (unpaired) electrons. The van der Waals surface area contributed by atoms with E-state index in [-0.39, 0.29) is 5.91 Å². The molecule has 25 heavy (non-hydrogen) atoms. The molecule has 1 N–H and O–H groups in total. The summed E-state index contributed by atoms with van der Waals surface area (Å²) in [6.07, 6.45) is 1.59. The molecule has 2 aromatic carbocycles. The van der Waals surface area contributed by atoms with Gasteiger partial charge in [-0.25, -0.2) is 0 Å². The number of benzene rings is 2. The Bertz CT molecular complexity index is 766. The molecule has 2 aromatic rings. The molecule has 0 fully saturated rings. The summed E-state index contributed by atoms with van der Waals surface area (Å²) in [6, 6.07) is 15.9. The maximum atomic E-state index is 12.4. The number of ether oxygens (including phenoxy) is 1. The van der Waals surface area contributed by atoms with Crippen molar-refractivity contribution in [2.24, 2.45) is 0 Å². The molecule has 0 aliphatic rings. The van der Waals surface area contributed by atoms with Crippen LogP contribution in [-0.4, -0.2) is 26.1 Å². The van der Waals surface area contributed by atoms with Crippen molar-refractivity contribution in [2.45, 2.75) is 26.8 Å². The fourth-order valence-electron chi connectivity index (χ4n) is 2.52. The number of carbonyl (C=O) groups is 1. The molecule has 0 saturated carbocycles. The molecule has 0 atom stereocenters. The first kappa shape index (κ1) is 18.6. The van der Waals surface area contributed by atoms with Gasteiger partial charge in [0, 0.05) is 36.1 Å². The molecule has 0 spiro atoms. The Morgan fingerprint density at radius 3 is 2.56 bits per heavy atom. The second-order valence-electron chi connectivity index (χ2n) is 6.27. The lowest BCUT2D eigenvalue weighted by molar-refractivity contribution is -0.111. The number of para-hydroxylation sites is 1. The highest BCUT2D eigenvalue weighted by Crippen LogP contribution is 2.25. The summed E-state index contributed by atoms with van der Waals surface area (Å²) < 4.78 is 5.35. The molecular weight excluding hydrogens is 312 g/mol. The van der Waals surface area contributed by atoms with Gasteiger partial charge >= 0.3 is 0 Å². The van der Waals surface area contributed by atoms with Crippen LogP contribution < -0.4 is 15.0 Å². The van der Waals surface area contributed by atoms with Crippen molar-refractivity contribution in [3.8, 4) is 5.75 Å². The van der Waals surface area contributed by atoms with Gasteiger partial charge in [-0.2, -0.15) is 0 Å². The van der Waals surface area contributed by atoms with Crippen LogP contribution in [0.3, 0.4) is 0 Å². The highest BCUT2D eigenvalue weighted by atomic mass is 16.5. The normalized spacial score (nSPS) is 11.4. The van der Waals surface area contributed by atoms with E-state index in [2.05, 4.69) is 24.1 Å². The minimum absolute atomic E-state index is 0.159. The Kier molecular flexibility index (Phi) is 6.23. The quantitative estimate of drug-likeness (QED) is 0.784. The molecule has 0 aliphatic carbocycles. The molecule has 0 unspecified atom stereocenters. The maximum Gasteiger partial charge on any atom is 0.248 e. The zero-order valence-corrected chi connectivity index (χ0v) is 15.5. The van der Waals surface area contributed by atoms with Gasteiger partial charge in [-0.15, -0.1) is 0 Å². The molecule has 0 aliphatic heterocycles. The number of methoxy groups -OCH3 is 1. The first-order valence-electron chi connectivity index (χ1n) is 8.38. The smallest absolute Gasteiger partial charge is 0.248 e. The number of amides is 1. The topological polar surface area (TPSA) is 41.6 Å². The van der Waals surface area contributed by atoms with Crippen LogP contribution in [0, 0.1) is 0 Å². The summed E-state index contributed by atoms with van der Waals surface area (Å²) in [5.74, 6) is 0.595. The number of rotatable bonds is 6. The minimum atomic E-state index is -0.159. The number of hydrogen-bond acceptors (Lipinski definition) is 3. The minimum Gasteiger partial charge on any atom is -0.496 e. The Morgan fingerprint density at radius 1 is 1.16 bits per heavy atom. The summed E-state index contributed by atoms with van der Waals surface area (Å²) in [4.78, 5) is 14.5. The van der Waals surface area contributed by atoms with Crippen molar-refractivity contribution in [1.82, 2.24) is 0 Å². The zero-order valence-electron chi connectivity index (χ0n) is 15.5. The van der Waals surface area contributed by atoms with Gasteiger partial charge in [-0.3, -0.25) is 4.79 Å². The van der Waals surface area contributed by atoms with Gasteiger partial charge in [0.25, 0.3) is 0 Å². The predicted molar refractivity (Wildman–Crippen MR) is 105 cm³/mol. The van der Waals surface area contributed by atoms with Gasteiger partial charge < -0.3 is 15.0 Å². The van der Waals surface area contributed by atoms with Crippen LogP contribution in [0.25, 0.3) is 5.57 Å². The number of nitrogens with zero attached hydrogens (tertiary/aromatic N) is 1. The lowest BCUT2D eigenvalue weighted by Gasteiger charge is -2.24. The molecule has 1 amide bonds. The van der Waals surface area contributed by atoms with E-state index >= 15 is 0 Å². The molecular formula is C21H26N2O2. The Balaban J connectivity index is 2.16. The number of carbonyl (C=O) groups excluding carboxylic acids is 1. The highest BCUT2D eigenvalue weighted by Gasteiger charge is 2.08. The van der Waals surface area contributed by atoms with Gasteiger partial charge in [-0.1, -0.05) is 24.3 Å². The van der Waals surface area contributed by atoms with Crippen LogP contribution in [-0.2, 0) is 4.79 Å². The zero-order chi connectivity index (χ0) is 18.4. The van der Waals surface area contributed by atoms with E-state index in [4.69, 9.17) is 4.74 Å². The fraction of sp³-hybridized carbons (Fsp3) is 0.286. The summed E-state index contributed by atoms with van der Waals surface area (Å²) in [7, 11) is 3.67. The third-order valence-corrected chi connectivity index (χ3v) is 4.17. The van der Waals surface area contributed by atoms with Crippen molar-refractivity contribution < 1.29 is 9.53 Å². The third kappa shape index (κ3) is 4.86. The van der Waals surface area contributed by atoms with Crippen LogP contribution in [0.15, 0.2) is 54.6 Å². The van der Waals surface area contributed by atoms with Gasteiger partial charge in [0.2, 0.25) is 5.91 Å². The molecule has 4 nitrogen and oxygen atoms in total. The van der Waals surface area contributed by atoms with Crippen molar-refractivity contribution in [3.63, 3.8) is 0 Å². The first-order valence-corrected chi connectivity index (χ1v) is 8.38. The Labute approximate surface area is 150 Å². The van der Waals surface area contributed by atoms with Crippen LogP contribution in [0.2, 0.25) is 0 Å². The van der Waals surface area contributed by atoms with Crippen LogP contribution >= 0.6 is 0 Å². The maximum absolute atomic E-state index is 12.4. The average Bonchev–Trinajstić information content (AvgIpc) is 2.60. The summed E-state index contributed by atoms with van der Waals surface area (Å²) in [5, 5.41) is 2.93.